The average molecular weight is 575 g/mol. The van der Waals surface area contributed by atoms with Gasteiger partial charge < -0.3 is 68.9 Å². The third kappa shape index (κ3) is 5.14. The van der Waals surface area contributed by atoms with Gasteiger partial charge in [0.1, 0.15) is 42.9 Å². The van der Waals surface area contributed by atoms with Crippen LogP contribution >= 0.6 is 0 Å². The second-order valence-corrected chi connectivity index (χ2v) is 9.92. The fourth-order valence-corrected chi connectivity index (χ4v) is 5.29. The van der Waals surface area contributed by atoms with E-state index in [0.717, 1.165) is 13.4 Å². The highest BCUT2D eigenvalue weighted by Gasteiger charge is 2.64. The molecule has 1 aromatic rings. The molecule has 1 saturated carbocycles. The Hall–Kier alpha value is -2.89. The second kappa shape index (κ2) is 11.5. The van der Waals surface area contributed by atoms with Crippen LogP contribution in [0.3, 0.4) is 0 Å². The minimum atomic E-state index is -2.03. The van der Waals surface area contributed by atoms with Crippen molar-refractivity contribution in [3.63, 3.8) is 0 Å². The van der Waals surface area contributed by atoms with Crippen LogP contribution in [-0.2, 0) is 23.7 Å². The van der Waals surface area contributed by atoms with Crippen LogP contribution in [0, 0.1) is 11.8 Å². The number of carbonyl (C=O) groups is 1. The van der Waals surface area contributed by atoms with E-state index in [2.05, 4.69) is 0 Å². The van der Waals surface area contributed by atoms with Crippen molar-refractivity contribution >= 4 is 5.97 Å². The molecule has 0 unspecified atom stereocenters. The molecule has 1 aliphatic carbocycles. The van der Waals surface area contributed by atoms with E-state index in [4.69, 9.17) is 33.2 Å². The molecular formula is C25H34O15. The molecule has 15 nitrogen and oxygen atoms in total. The number of aliphatic hydroxyl groups excluding tert-OH is 5. The van der Waals surface area contributed by atoms with E-state index in [9.17, 15) is 40.5 Å². The number of hydrogen-bond donors (Lipinski definition) is 7. The zero-order valence-electron chi connectivity index (χ0n) is 22.1. The molecule has 224 valence electrons. The van der Waals surface area contributed by atoms with Gasteiger partial charge in [-0.3, -0.25) is 0 Å². The number of fused-ring (bicyclic) bond motifs is 1. The number of carbonyl (C=O) groups excluding carboxylic acids is 1. The molecule has 2 fully saturated rings. The van der Waals surface area contributed by atoms with Gasteiger partial charge in [0, 0.05) is 18.1 Å². The van der Waals surface area contributed by atoms with E-state index in [1.165, 1.54) is 33.3 Å². The van der Waals surface area contributed by atoms with Gasteiger partial charge >= 0.3 is 5.97 Å². The van der Waals surface area contributed by atoms with Crippen molar-refractivity contribution in [3.8, 4) is 23.0 Å². The maximum atomic E-state index is 12.3. The molecule has 4 rings (SSSR count). The second-order valence-electron chi connectivity index (χ2n) is 9.92. The summed E-state index contributed by atoms with van der Waals surface area (Å²) in [5, 5.41) is 73.9. The van der Waals surface area contributed by atoms with Crippen LogP contribution in [-0.4, -0.2) is 124 Å². The lowest BCUT2D eigenvalue weighted by Gasteiger charge is -2.44. The Morgan fingerprint density at radius 3 is 2.15 bits per heavy atom. The molecule has 0 aromatic heterocycles. The SMILES string of the molecule is COC(=O)C1=CO[C@@H](O[C@@H]2O[C@H](COc3cc(OC)c(O)c(OC)c3)[C@@H](O)[C@H](O)[C@H]2O)[C@H]2[C@@H]1[C@H](O)[C@H](O)[C@@]2(C)O. The zero-order chi connectivity index (χ0) is 29.5. The number of methoxy groups -OCH3 is 3. The molecule has 1 saturated heterocycles. The van der Waals surface area contributed by atoms with Gasteiger partial charge in [0.25, 0.3) is 0 Å². The van der Waals surface area contributed by atoms with Crippen molar-refractivity contribution < 1.29 is 73.7 Å². The van der Waals surface area contributed by atoms with E-state index in [0.29, 0.717) is 0 Å². The summed E-state index contributed by atoms with van der Waals surface area (Å²) in [5.74, 6) is -3.28. The fraction of sp³-hybridized carbons (Fsp3) is 0.640. The molecule has 2 heterocycles. The summed E-state index contributed by atoms with van der Waals surface area (Å²) in [6, 6.07) is 2.71. The molecule has 40 heavy (non-hydrogen) atoms. The standard InChI is InChI=1S/C25H34O15/c1-25(33)15-14(18(28)21(25)31)10(22(32)36-4)7-38-23(15)40-24-20(30)19(29)17(27)13(39-24)8-37-9-5-11(34-2)16(26)12(6-9)35-3/h5-7,13-15,17-21,23-24,26-31,33H,8H2,1-4H3/t13-,14-,15-,17-,18+,19+,20-,21+,23+,24+,25+/m1/s1. The lowest BCUT2D eigenvalue weighted by atomic mass is 9.80. The lowest BCUT2D eigenvalue weighted by molar-refractivity contribution is -0.346. The van der Waals surface area contributed by atoms with Crippen LogP contribution < -0.4 is 14.2 Å². The van der Waals surface area contributed by atoms with Crippen molar-refractivity contribution in [1.29, 1.82) is 0 Å². The minimum absolute atomic E-state index is 0.0486. The molecule has 3 aliphatic rings. The topological polar surface area (TPSA) is 223 Å². The van der Waals surface area contributed by atoms with Gasteiger partial charge in [-0.25, -0.2) is 4.79 Å². The lowest BCUT2D eigenvalue weighted by Crippen LogP contribution is -2.61. The van der Waals surface area contributed by atoms with Crippen molar-refractivity contribution in [2.24, 2.45) is 11.8 Å². The molecule has 0 bridgehead atoms. The smallest absolute Gasteiger partial charge is 0.337 e. The van der Waals surface area contributed by atoms with Crippen molar-refractivity contribution in [2.45, 2.75) is 61.7 Å². The number of aromatic hydroxyl groups is 1. The number of hydrogen-bond acceptors (Lipinski definition) is 15. The quantitative estimate of drug-likeness (QED) is 0.163. The molecule has 1 aromatic carbocycles. The Morgan fingerprint density at radius 2 is 1.57 bits per heavy atom. The van der Waals surface area contributed by atoms with E-state index in [1.54, 1.807) is 0 Å². The predicted molar refractivity (Wildman–Crippen MR) is 129 cm³/mol. The summed E-state index contributed by atoms with van der Waals surface area (Å²) in [5.41, 5.74) is -2.18. The first-order valence-electron chi connectivity index (χ1n) is 12.3. The van der Waals surface area contributed by atoms with Gasteiger partial charge in [-0.15, -0.1) is 0 Å². The van der Waals surface area contributed by atoms with Gasteiger partial charge in [0.2, 0.25) is 12.0 Å². The number of esters is 1. The van der Waals surface area contributed by atoms with Gasteiger partial charge in [-0.2, -0.15) is 0 Å². The van der Waals surface area contributed by atoms with E-state index >= 15 is 0 Å². The zero-order valence-corrected chi connectivity index (χ0v) is 22.1. The average Bonchev–Trinajstić information content (AvgIpc) is 3.13. The summed E-state index contributed by atoms with van der Waals surface area (Å²) in [6.07, 6.45) is -11.9. The third-order valence-electron chi connectivity index (χ3n) is 7.56. The van der Waals surface area contributed by atoms with Gasteiger partial charge in [-0.1, -0.05) is 0 Å². The monoisotopic (exact) mass is 574 g/mol. The van der Waals surface area contributed by atoms with Crippen LogP contribution in [0.2, 0.25) is 0 Å². The number of rotatable bonds is 8. The van der Waals surface area contributed by atoms with Crippen molar-refractivity contribution in [1.82, 2.24) is 0 Å². The molecule has 0 spiro atoms. The van der Waals surface area contributed by atoms with E-state index in [-0.39, 0.29) is 35.2 Å². The molecule has 7 N–H and O–H groups in total. The van der Waals surface area contributed by atoms with Crippen LogP contribution in [0.5, 0.6) is 23.0 Å². The van der Waals surface area contributed by atoms with Crippen LogP contribution in [0.1, 0.15) is 6.92 Å². The maximum absolute atomic E-state index is 12.3. The van der Waals surface area contributed by atoms with Gasteiger partial charge in [0.05, 0.1) is 50.8 Å². The summed E-state index contributed by atoms with van der Waals surface area (Å²) in [4.78, 5) is 12.3. The Morgan fingerprint density at radius 1 is 0.950 bits per heavy atom. The summed E-state index contributed by atoms with van der Waals surface area (Å²) < 4.78 is 37.5. The Bertz CT molecular complexity index is 1080. The molecule has 2 aliphatic heterocycles. The largest absolute Gasteiger partial charge is 0.502 e. The highest BCUT2D eigenvalue weighted by molar-refractivity contribution is 5.89. The normalized spacial score (nSPS) is 39.0. The van der Waals surface area contributed by atoms with Crippen LogP contribution in [0.25, 0.3) is 0 Å². The number of phenolic OH excluding ortho intramolecular Hbond substituents is 1. The predicted octanol–water partition coefficient (Wildman–Crippen LogP) is -2.26. The Kier molecular flexibility index (Phi) is 8.68. The van der Waals surface area contributed by atoms with Crippen molar-refractivity contribution in [2.75, 3.05) is 27.9 Å². The molecule has 0 amide bonds. The highest BCUT2D eigenvalue weighted by atomic mass is 16.8. The molecule has 15 heteroatoms. The van der Waals surface area contributed by atoms with Gasteiger partial charge in [-0.05, 0) is 6.92 Å². The summed E-state index contributed by atoms with van der Waals surface area (Å²) in [7, 11) is 3.77. The summed E-state index contributed by atoms with van der Waals surface area (Å²) >= 11 is 0. The third-order valence-corrected chi connectivity index (χ3v) is 7.56. The first kappa shape index (κ1) is 30.1. The maximum Gasteiger partial charge on any atom is 0.337 e. The number of ether oxygens (including phenoxy) is 7. The highest BCUT2D eigenvalue weighted by Crippen LogP contribution is 2.50. The first-order chi connectivity index (χ1) is 18.9. The molecule has 11 atom stereocenters. The fourth-order valence-electron chi connectivity index (χ4n) is 5.29. The summed E-state index contributed by atoms with van der Waals surface area (Å²) in [6.45, 7) is 0.847. The van der Waals surface area contributed by atoms with E-state index < -0.39 is 72.6 Å². The Balaban J connectivity index is 1.54. The van der Waals surface area contributed by atoms with Gasteiger partial charge in [0.15, 0.2) is 17.8 Å². The number of aliphatic hydroxyl groups is 6. The first-order valence-corrected chi connectivity index (χ1v) is 12.3. The Labute approximate surface area is 228 Å². The van der Waals surface area contributed by atoms with Crippen molar-refractivity contribution in [3.05, 3.63) is 24.0 Å². The van der Waals surface area contributed by atoms with Crippen LogP contribution in [0.4, 0.5) is 0 Å². The van der Waals surface area contributed by atoms with Crippen LogP contribution in [0.15, 0.2) is 24.0 Å². The number of benzene rings is 1. The molecule has 0 radical (unpaired) electrons. The minimum Gasteiger partial charge on any atom is -0.502 e. The van der Waals surface area contributed by atoms with E-state index in [1.807, 2.05) is 0 Å². The molecular weight excluding hydrogens is 540 g/mol. The number of phenols is 1.